The average Bonchev–Trinajstić information content (AvgIpc) is 2.81. The summed E-state index contributed by atoms with van der Waals surface area (Å²) >= 11 is 12.4. The van der Waals surface area contributed by atoms with Crippen LogP contribution in [0.1, 0.15) is 21.5 Å². The molecule has 166 valence electrons. The van der Waals surface area contributed by atoms with Crippen molar-refractivity contribution in [1.29, 1.82) is 0 Å². The predicted octanol–water partition coefficient (Wildman–Crippen LogP) is 6.49. The first-order valence-corrected chi connectivity index (χ1v) is 10.4. The molecule has 0 saturated carbocycles. The molecule has 0 bridgehead atoms. The number of carbonyl (C=O) groups is 1. The number of rotatable bonds is 9. The highest BCUT2D eigenvalue weighted by Crippen LogP contribution is 2.34. The van der Waals surface area contributed by atoms with Crippen molar-refractivity contribution in [2.24, 2.45) is 0 Å². The van der Waals surface area contributed by atoms with Gasteiger partial charge in [-0.15, -0.1) is 0 Å². The first kappa shape index (κ1) is 23.5. The summed E-state index contributed by atoms with van der Waals surface area (Å²) in [7, 11) is 4.65. The molecule has 3 rings (SSSR count). The number of hydrogen-bond donors (Lipinski definition) is 0. The van der Waals surface area contributed by atoms with Gasteiger partial charge in [-0.1, -0.05) is 41.4 Å². The summed E-state index contributed by atoms with van der Waals surface area (Å²) in [6.07, 6.45) is 3.23. The van der Waals surface area contributed by atoms with Crippen LogP contribution in [-0.2, 0) is 6.61 Å². The van der Waals surface area contributed by atoms with Crippen molar-refractivity contribution >= 4 is 35.1 Å². The van der Waals surface area contributed by atoms with E-state index >= 15 is 0 Å². The molecule has 0 radical (unpaired) electrons. The van der Waals surface area contributed by atoms with Crippen molar-refractivity contribution in [3.8, 4) is 23.0 Å². The number of ether oxygens (including phenoxy) is 4. The van der Waals surface area contributed by atoms with Gasteiger partial charge in [-0.3, -0.25) is 4.79 Å². The molecule has 0 aromatic heterocycles. The second-order valence-corrected chi connectivity index (χ2v) is 7.49. The first-order chi connectivity index (χ1) is 15.5. The highest BCUT2D eigenvalue weighted by molar-refractivity contribution is 6.37. The van der Waals surface area contributed by atoms with Crippen molar-refractivity contribution < 1.29 is 23.7 Å². The summed E-state index contributed by atoms with van der Waals surface area (Å²) < 4.78 is 21.7. The molecule has 0 N–H and O–H groups in total. The van der Waals surface area contributed by atoms with Crippen LogP contribution in [0.4, 0.5) is 0 Å². The van der Waals surface area contributed by atoms with Crippen molar-refractivity contribution in [2.75, 3.05) is 21.3 Å². The lowest BCUT2D eigenvalue weighted by Gasteiger charge is -2.13. The van der Waals surface area contributed by atoms with Crippen LogP contribution < -0.4 is 18.9 Å². The SMILES string of the molecule is COc1ccc(/C=C/C(=O)c2ccc(OC)c(OC)c2)cc1COc1c(Cl)cccc1Cl. The van der Waals surface area contributed by atoms with Gasteiger partial charge in [-0.2, -0.15) is 0 Å². The standard InChI is InChI=1S/C25H22Cl2O5/c1-29-22-11-8-16(13-18(22)15-32-25-19(26)5-4-6-20(25)27)7-10-21(28)17-9-12-23(30-2)24(14-17)31-3/h4-14H,15H2,1-3H3/b10-7+. The van der Waals surface area contributed by atoms with Gasteiger partial charge in [0.1, 0.15) is 12.4 Å². The first-order valence-electron chi connectivity index (χ1n) is 9.65. The monoisotopic (exact) mass is 472 g/mol. The minimum atomic E-state index is -0.164. The minimum absolute atomic E-state index is 0.164. The topological polar surface area (TPSA) is 54.0 Å². The quantitative estimate of drug-likeness (QED) is 0.263. The summed E-state index contributed by atoms with van der Waals surface area (Å²) in [5, 5.41) is 0.848. The lowest BCUT2D eigenvalue weighted by atomic mass is 10.1. The van der Waals surface area contributed by atoms with E-state index in [-0.39, 0.29) is 12.4 Å². The molecule has 0 heterocycles. The molecule has 0 saturated heterocycles. The van der Waals surface area contributed by atoms with Gasteiger partial charge in [0.15, 0.2) is 23.0 Å². The fourth-order valence-corrected chi connectivity index (χ4v) is 3.55. The Morgan fingerprint density at radius 2 is 1.50 bits per heavy atom. The fourth-order valence-electron chi connectivity index (χ4n) is 3.04. The van der Waals surface area contributed by atoms with Gasteiger partial charge >= 0.3 is 0 Å². The molecule has 0 amide bonds. The number of benzene rings is 3. The van der Waals surface area contributed by atoms with Crippen LogP contribution in [0.5, 0.6) is 23.0 Å². The Bertz CT molecular complexity index is 1120. The fraction of sp³-hybridized carbons (Fsp3) is 0.160. The van der Waals surface area contributed by atoms with Gasteiger partial charge in [0.2, 0.25) is 0 Å². The Hall–Kier alpha value is -3.15. The second kappa shape index (κ2) is 10.9. The zero-order chi connectivity index (χ0) is 23.1. The summed E-state index contributed by atoms with van der Waals surface area (Å²) in [5.74, 6) is 1.95. The Balaban J connectivity index is 1.79. The van der Waals surface area contributed by atoms with Crippen LogP contribution in [-0.4, -0.2) is 27.1 Å². The van der Waals surface area contributed by atoms with Crippen LogP contribution in [0.3, 0.4) is 0 Å². The molecule has 0 aliphatic rings. The van der Waals surface area contributed by atoms with E-state index < -0.39 is 0 Å². The maximum atomic E-state index is 12.6. The number of carbonyl (C=O) groups excluding carboxylic acids is 1. The molecule has 5 nitrogen and oxygen atoms in total. The van der Waals surface area contributed by atoms with E-state index in [1.54, 1.807) is 56.7 Å². The summed E-state index contributed by atoms with van der Waals surface area (Å²) in [5.41, 5.74) is 2.08. The number of hydrogen-bond acceptors (Lipinski definition) is 5. The number of para-hydroxylation sites is 1. The highest BCUT2D eigenvalue weighted by atomic mass is 35.5. The van der Waals surface area contributed by atoms with Gasteiger partial charge in [0.25, 0.3) is 0 Å². The van der Waals surface area contributed by atoms with Crippen molar-refractivity contribution in [1.82, 2.24) is 0 Å². The lowest BCUT2D eigenvalue weighted by molar-refractivity contribution is 0.104. The van der Waals surface area contributed by atoms with Crippen LogP contribution in [0.25, 0.3) is 6.08 Å². The molecule has 3 aromatic rings. The third-order valence-corrected chi connectivity index (χ3v) is 5.29. The van der Waals surface area contributed by atoms with E-state index in [2.05, 4.69) is 0 Å². The van der Waals surface area contributed by atoms with Gasteiger partial charge in [-0.05, 0) is 54.1 Å². The van der Waals surface area contributed by atoms with Crippen LogP contribution >= 0.6 is 23.2 Å². The smallest absolute Gasteiger partial charge is 0.185 e. The Morgan fingerprint density at radius 1 is 0.844 bits per heavy atom. The summed E-state index contributed by atoms with van der Waals surface area (Å²) in [6.45, 7) is 0.192. The molecular weight excluding hydrogens is 451 g/mol. The van der Waals surface area contributed by atoms with Crippen LogP contribution in [0.15, 0.2) is 60.7 Å². The van der Waals surface area contributed by atoms with E-state index in [1.165, 1.54) is 13.2 Å². The highest BCUT2D eigenvalue weighted by Gasteiger charge is 2.11. The molecule has 0 unspecified atom stereocenters. The molecular formula is C25H22Cl2O5. The maximum Gasteiger partial charge on any atom is 0.185 e. The maximum absolute atomic E-state index is 12.6. The van der Waals surface area contributed by atoms with Gasteiger partial charge in [0, 0.05) is 11.1 Å². The number of allylic oxidation sites excluding steroid dienone is 1. The number of methoxy groups -OCH3 is 3. The molecule has 0 aliphatic heterocycles. The molecule has 3 aromatic carbocycles. The molecule has 7 heteroatoms. The van der Waals surface area contributed by atoms with E-state index in [1.807, 2.05) is 18.2 Å². The molecule has 0 fully saturated rings. The number of ketones is 1. The normalized spacial score (nSPS) is 10.8. The molecule has 0 spiro atoms. The average molecular weight is 473 g/mol. The third-order valence-electron chi connectivity index (χ3n) is 4.69. The zero-order valence-electron chi connectivity index (χ0n) is 17.9. The van der Waals surface area contributed by atoms with Crippen molar-refractivity contribution in [3.05, 3.63) is 87.4 Å². The van der Waals surface area contributed by atoms with E-state index in [0.29, 0.717) is 38.6 Å². The van der Waals surface area contributed by atoms with Crippen LogP contribution in [0.2, 0.25) is 10.0 Å². The largest absolute Gasteiger partial charge is 0.496 e. The third kappa shape index (κ3) is 5.55. The zero-order valence-corrected chi connectivity index (χ0v) is 19.4. The lowest BCUT2D eigenvalue weighted by Crippen LogP contribution is -2.00. The molecule has 0 atom stereocenters. The predicted molar refractivity (Wildman–Crippen MR) is 127 cm³/mol. The van der Waals surface area contributed by atoms with Gasteiger partial charge < -0.3 is 18.9 Å². The Morgan fingerprint density at radius 3 is 2.16 bits per heavy atom. The van der Waals surface area contributed by atoms with Crippen molar-refractivity contribution in [3.63, 3.8) is 0 Å². The minimum Gasteiger partial charge on any atom is -0.496 e. The molecule has 32 heavy (non-hydrogen) atoms. The number of halogens is 2. The van der Waals surface area contributed by atoms with E-state index in [9.17, 15) is 4.79 Å². The molecule has 0 aliphatic carbocycles. The Kier molecular flexibility index (Phi) is 8.03. The Labute approximate surface area is 197 Å². The van der Waals surface area contributed by atoms with Crippen molar-refractivity contribution in [2.45, 2.75) is 6.61 Å². The van der Waals surface area contributed by atoms with Crippen LogP contribution in [0, 0.1) is 0 Å². The van der Waals surface area contributed by atoms with E-state index in [0.717, 1.165) is 11.1 Å². The summed E-state index contributed by atoms with van der Waals surface area (Å²) in [4.78, 5) is 12.6. The van der Waals surface area contributed by atoms with E-state index in [4.69, 9.17) is 42.1 Å². The van der Waals surface area contributed by atoms with Gasteiger partial charge in [0.05, 0.1) is 31.4 Å². The second-order valence-electron chi connectivity index (χ2n) is 6.68. The summed E-state index contributed by atoms with van der Waals surface area (Å²) in [6, 6.07) is 15.7. The van der Waals surface area contributed by atoms with Gasteiger partial charge in [-0.25, -0.2) is 0 Å².